The highest BCUT2D eigenvalue weighted by molar-refractivity contribution is 6.30. The lowest BCUT2D eigenvalue weighted by atomic mass is 9.88. The van der Waals surface area contributed by atoms with Gasteiger partial charge in [0, 0.05) is 23.4 Å². The molecule has 2 aliphatic rings. The average Bonchev–Trinajstić information content (AvgIpc) is 3.06. The fourth-order valence-electron chi connectivity index (χ4n) is 4.63. The first-order valence-corrected chi connectivity index (χ1v) is 9.51. The number of benzene rings is 1. The van der Waals surface area contributed by atoms with Crippen molar-refractivity contribution in [2.75, 3.05) is 0 Å². The lowest BCUT2D eigenvalue weighted by molar-refractivity contribution is 0.0289. The number of aromatic nitrogens is 2. The Morgan fingerprint density at radius 1 is 1.36 bits per heavy atom. The summed E-state index contributed by atoms with van der Waals surface area (Å²) in [6, 6.07) is 10.6. The number of rotatable bonds is 3. The van der Waals surface area contributed by atoms with Gasteiger partial charge in [0.2, 0.25) is 0 Å². The van der Waals surface area contributed by atoms with E-state index in [0.717, 1.165) is 11.1 Å². The number of hydrogen-bond donors (Lipinski definition) is 2. The number of halogens is 1. The van der Waals surface area contributed by atoms with E-state index >= 15 is 0 Å². The fourth-order valence-corrected chi connectivity index (χ4v) is 4.85. The fraction of sp³-hybridized carbons (Fsp3) is 0.286. The van der Waals surface area contributed by atoms with E-state index in [4.69, 9.17) is 16.9 Å². The summed E-state index contributed by atoms with van der Waals surface area (Å²) in [5, 5.41) is 23.9. The molecule has 7 heteroatoms. The minimum absolute atomic E-state index is 0.0543. The molecular weight excluding hydrogens is 376 g/mol. The molecule has 140 valence electrons. The zero-order chi connectivity index (χ0) is 19.5. The lowest BCUT2D eigenvalue weighted by Crippen LogP contribution is -2.33. The number of amides is 1. The van der Waals surface area contributed by atoms with Crippen LogP contribution in [0.15, 0.2) is 49.1 Å². The zero-order valence-corrected chi connectivity index (χ0v) is 15.6. The highest BCUT2D eigenvalue weighted by Crippen LogP contribution is 2.60. The Balaban J connectivity index is 1.32. The molecule has 2 aromatic heterocycles. The molecule has 1 amide bonds. The van der Waals surface area contributed by atoms with Crippen LogP contribution in [-0.2, 0) is 5.60 Å². The number of fused-ring (bicyclic) bond motifs is 2. The minimum Gasteiger partial charge on any atom is -0.385 e. The summed E-state index contributed by atoms with van der Waals surface area (Å²) in [5.41, 5.74) is 1.61. The summed E-state index contributed by atoms with van der Waals surface area (Å²) in [4.78, 5) is 16.6. The van der Waals surface area contributed by atoms with Crippen molar-refractivity contribution < 1.29 is 9.90 Å². The maximum atomic E-state index is 12.5. The van der Waals surface area contributed by atoms with Crippen LogP contribution >= 0.6 is 11.6 Å². The second-order valence-electron chi connectivity index (χ2n) is 7.72. The molecule has 0 radical (unpaired) electrons. The van der Waals surface area contributed by atoms with Crippen LogP contribution in [0.25, 0.3) is 5.52 Å². The van der Waals surface area contributed by atoms with Crippen molar-refractivity contribution in [3.63, 3.8) is 0 Å². The number of nitrogens with one attached hydrogen (secondary N) is 1. The van der Waals surface area contributed by atoms with Gasteiger partial charge in [0.05, 0.1) is 40.3 Å². The smallest absolute Gasteiger partial charge is 0.251 e. The predicted molar refractivity (Wildman–Crippen MR) is 103 cm³/mol. The molecule has 0 aliphatic heterocycles. The number of carbonyl (C=O) groups excluding carboxylic acids is 1. The summed E-state index contributed by atoms with van der Waals surface area (Å²) in [5.74, 6) is 0.283. The molecule has 2 aliphatic carbocycles. The largest absolute Gasteiger partial charge is 0.385 e. The van der Waals surface area contributed by atoms with Crippen LogP contribution in [0.5, 0.6) is 0 Å². The molecule has 0 saturated heterocycles. The summed E-state index contributed by atoms with van der Waals surface area (Å²) in [7, 11) is 0. The Hall–Kier alpha value is -2.88. The van der Waals surface area contributed by atoms with Crippen LogP contribution in [0.1, 0.15) is 34.3 Å². The van der Waals surface area contributed by atoms with Crippen LogP contribution in [-0.4, -0.2) is 26.4 Å². The van der Waals surface area contributed by atoms with Crippen molar-refractivity contribution in [3.05, 3.63) is 70.8 Å². The van der Waals surface area contributed by atoms with E-state index in [9.17, 15) is 9.90 Å². The summed E-state index contributed by atoms with van der Waals surface area (Å²) < 4.78 is 1.82. The van der Waals surface area contributed by atoms with E-state index in [1.807, 2.05) is 16.5 Å². The van der Waals surface area contributed by atoms with E-state index in [1.54, 1.807) is 43.0 Å². The molecule has 2 unspecified atom stereocenters. The molecule has 6 nitrogen and oxygen atoms in total. The van der Waals surface area contributed by atoms with Gasteiger partial charge >= 0.3 is 0 Å². The highest BCUT2D eigenvalue weighted by atomic mass is 35.5. The molecule has 0 bridgehead atoms. The summed E-state index contributed by atoms with van der Waals surface area (Å²) in [6.45, 7) is 0. The van der Waals surface area contributed by atoms with Gasteiger partial charge in [-0.25, -0.2) is 4.98 Å². The number of imidazole rings is 1. The van der Waals surface area contributed by atoms with Gasteiger partial charge in [-0.1, -0.05) is 17.7 Å². The third-order valence-electron chi connectivity index (χ3n) is 6.02. The Bertz CT molecular complexity index is 1140. The second kappa shape index (κ2) is 6.06. The van der Waals surface area contributed by atoms with E-state index < -0.39 is 5.60 Å². The molecular formula is C21H17ClN4O2. The molecule has 2 atom stereocenters. The van der Waals surface area contributed by atoms with Crippen molar-refractivity contribution >= 4 is 23.0 Å². The first-order valence-electron chi connectivity index (χ1n) is 9.14. The number of nitrogens with zero attached hydrogens (tertiary/aromatic N) is 3. The first kappa shape index (κ1) is 17.2. The standard InChI is InChI=1S/C21H17ClN4O2/c22-14-5-17(18-9-24-11-26(18)10-14)21(28)6-15-16(7-21)19(15)25-20(27)13-3-1-2-12(4-13)8-23/h1-5,9-11,15-16,19,28H,6-7H2,(H,25,27). The molecule has 2 fully saturated rings. The molecule has 5 rings (SSSR count). The van der Waals surface area contributed by atoms with Crippen molar-refractivity contribution in [3.8, 4) is 6.07 Å². The average molecular weight is 393 g/mol. The number of aliphatic hydroxyl groups is 1. The number of hydrogen-bond acceptors (Lipinski definition) is 4. The normalized spacial score (nSPS) is 28.0. The Labute approximate surface area is 166 Å². The highest BCUT2D eigenvalue weighted by Gasteiger charge is 2.62. The quantitative estimate of drug-likeness (QED) is 0.717. The SMILES string of the molecule is N#Cc1cccc(C(=O)NC2C3CC(O)(c4cc(Cl)cn5cncc45)CC32)c1. The number of pyridine rings is 1. The minimum atomic E-state index is -0.969. The summed E-state index contributed by atoms with van der Waals surface area (Å²) >= 11 is 6.22. The maximum absolute atomic E-state index is 12.5. The van der Waals surface area contributed by atoms with E-state index in [-0.39, 0.29) is 23.8 Å². The Morgan fingerprint density at radius 3 is 2.89 bits per heavy atom. The summed E-state index contributed by atoms with van der Waals surface area (Å²) in [6.07, 6.45) is 6.31. The van der Waals surface area contributed by atoms with Crippen molar-refractivity contribution in [1.82, 2.24) is 14.7 Å². The Morgan fingerprint density at radius 2 is 2.14 bits per heavy atom. The third kappa shape index (κ3) is 2.67. The van der Waals surface area contributed by atoms with Crippen LogP contribution < -0.4 is 5.32 Å². The van der Waals surface area contributed by atoms with Gasteiger partial charge in [-0.3, -0.25) is 4.79 Å². The molecule has 2 saturated carbocycles. The van der Waals surface area contributed by atoms with Gasteiger partial charge in [-0.05, 0) is 48.9 Å². The van der Waals surface area contributed by atoms with Gasteiger partial charge < -0.3 is 14.8 Å². The van der Waals surface area contributed by atoms with E-state index in [2.05, 4.69) is 10.3 Å². The molecule has 2 N–H and O–H groups in total. The second-order valence-corrected chi connectivity index (χ2v) is 8.15. The lowest BCUT2D eigenvalue weighted by Gasteiger charge is -2.27. The third-order valence-corrected chi connectivity index (χ3v) is 6.22. The van der Waals surface area contributed by atoms with Crippen molar-refractivity contribution in [2.24, 2.45) is 11.8 Å². The van der Waals surface area contributed by atoms with Gasteiger partial charge in [-0.2, -0.15) is 5.26 Å². The van der Waals surface area contributed by atoms with Crippen LogP contribution in [0.3, 0.4) is 0 Å². The predicted octanol–water partition coefficient (Wildman–Crippen LogP) is 2.89. The molecule has 28 heavy (non-hydrogen) atoms. The topological polar surface area (TPSA) is 90.4 Å². The number of carbonyl (C=O) groups is 1. The van der Waals surface area contributed by atoms with Crippen LogP contribution in [0.2, 0.25) is 5.02 Å². The van der Waals surface area contributed by atoms with Gasteiger partial charge in [-0.15, -0.1) is 0 Å². The first-order chi connectivity index (χ1) is 13.5. The molecule has 3 aromatic rings. The van der Waals surface area contributed by atoms with Gasteiger partial charge in [0.1, 0.15) is 0 Å². The monoisotopic (exact) mass is 392 g/mol. The van der Waals surface area contributed by atoms with Crippen molar-refractivity contribution in [2.45, 2.75) is 24.5 Å². The van der Waals surface area contributed by atoms with Crippen LogP contribution in [0, 0.1) is 23.2 Å². The molecule has 1 aromatic carbocycles. The van der Waals surface area contributed by atoms with Gasteiger partial charge in [0.15, 0.2) is 0 Å². The Kier molecular flexibility index (Phi) is 3.73. The van der Waals surface area contributed by atoms with Crippen molar-refractivity contribution in [1.29, 1.82) is 5.26 Å². The van der Waals surface area contributed by atoms with E-state index in [1.165, 1.54) is 0 Å². The van der Waals surface area contributed by atoms with Crippen LogP contribution in [0.4, 0.5) is 0 Å². The zero-order valence-electron chi connectivity index (χ0n) is 14.8. The van der Waals surface area contributed by atoms with E-state index in [0.29, 0.717) is 29.0 Å². The maximum Gasteiger partial charge on any atom is 0.251 e. The molecule has 0 spiro atoms. The molecule has 2 heterocycles. The number of nitriles is 1. The van der Waals surface area contributed by atoms with Gasteiger partial charge in [0.25, 0.3) is 5.91 Å².